The van der Waals surface area contributed by atoms with Gasteiger partial charge in [0.2, 0.25) is 0 Å². The Hall–Kier alpha value is -1.29. The van der Waals surface area contributed by atoms with E-state index in [1.807, 2.05) is 6.26 Å². The number of hydrogen-bond acceptors (Lipinski definition) is 8. The lowest BCUT2D eigenvalue weighted by Gasteiger charge is -2.42. The van der Waals surface area contributed by atoms with Gasteiger partial charge in [0.1, 0.15) is 17.9 Å². The van der Waals surface area contributed by atoms with Crippen molar-refractivity contribution in [1.82, 2.24) is 9.55 Å². The predicted molar refractivity (Wildman–Crippen MR) is 74.0 cm³/mol. The average molecular weight is 300 g/mol. The molecule has 1 fully saturated rings. The highest BCUT2D eigenvalue weighted by Crippen LogP contribution is 2.29. The second kappa shape index (κ2) is 4.92. The van der Waals surface area contributed by atoms with E-state index in [1.54, 1.807) is 7.05 Å². The Bertz CT molecular complexity index is 593. The number of fused-ring (bicyclic) bond motifs is 2. The lowest BCUT2D eigenvalue weighted by atomic mass is 9.99. The van der Waals surface area contributed by atoms with E-state index in [4.69, 9.17) is 4.74 Å². The van der Waals surface area contributed by atoms with Crippen molar-refractivity contribution in [2.24, 2.45) is 7.05 Å². The molecule has 3 rings (SSSR count). The standard InChI is InChI=1S/C11H16N4O4S/c1-15-10(18)6-8(14-11(15)20-2)13-9-5(12-6)7(17)4(16)3-19-9/h4-5,7,9,12-13,16-17H,3H2,1-2H3/t4-,5+,7-,9-/m1/s1. The van der Waals surface area contributed by atoms with Gasteiger partial charge in [-0.15, -0.1) is 0 Å². The molecule has 0 radical (unpaired) electrons. The fraction of sp³-hybridized carbons (Fsp3) is 0.636. The summed E-state index contributed by atoms with van der Waals surface area (Å²) >= 11 is 1.37. The molecule has 0 amide bonds. The Labute approximate surface area is 119 Å². The number of hydrogen-bond donors (Lipinski definition) is 4. The molecule has 1 aromatic rings. The summed E-state index contributed by atoms with van der Waals surface area (Å²) in [7, 11) is 1.64. The minimum absolute atomic E-state index is 0.0343. The zero-order valence-corrected chi connectivity index (χ0v) is 11.8. The minimum Gasteiger partial charge on any atom is -0.388 e. The summed E-state index contributed by atoms with van der Waals surface area (Å²) in [6.45, 7) is 0.0343. The Morgan fingerprint density at radius 2 is 2.20 bits per heavy atom. The quantitative estimate of drug-likeness (QED) is 0.378. The van der Waals surface area contributed by atoms with Crippen molar-refractivity contribution < 1.29 is 14.9 Å². The van der Waals surface area contributed by atoms with Crippen molar-refractivity contribution in [2.75, 3.05) is 23.5 Å². The van der Waals surface area contributed by atoms with Crippen LogP contribution in [0.3, 0.4) is 0 Å². The van der Waals surface area contributed by atoms with Crippen LogP contribution in [0, 0.1) is 0 Å². The number of nitrogens with one attached hydrogen (secondary N) is 2. The zero-order chi connectivity index (χ0) is 14.4. The molecule has 0 bridgehead atoms. The molecule has 0 unspecified atom stereocenters. The molecule has 4 atom stereocenters. The lowest BCUT2D eigenvalue weighted by molar-refractivity contribution is -0.121. The predicted octanol–water partition coefficient (Wildman–Crippen LogP) is -1.21. The number of aliphatic hydroxyl groups excluding tert-OH is 2. The van der Waals surface area contributed by atoms with E-state index in [2.05, 4.69) is 15.6 Å². The van der Waals surface area contributed by atoms with E-state index in [-0.39, 0.29) is 17.9 Å². The first-order chi connectivity index (χ1) is 9.52. The number of thioether (sulfide) groups is 1. The molecular formula is C11H16N4O4S. The molecule has 9 heteroatoms. The summed E-state index contributed by atoms with van der Waals surface area (Å²) in [6, 6.07) is -0.596. The number of aromatic nitrogens is 2. The Balaban J connectivity index is 2.03. The summed E-state index contributed by atoms with van der Waals surface area (Å²) in [6.07, 6.45) is -0.686. The Kier molecular flexibility index (Phi) is 3.36. The molecule has 2 aliphatic heterocycles. The number of anilines is 2. The second-order valence-electron chi connectivity index (χ2n) is 4.81. The summed E-state index contributed by atoms with van der Waals surface area (Å²) < 4.78 is 6.86. The molecule has 0 aliphatic carbocycles. The zero-order valence-electron chi connectivity index (χ0n) is 11.0. The Morgan fingerprint density at radius 3 is 2.90 bits per heavy atom. The van der Waals surface area contributed by atoms with Gasteiger partial charge in [-0.05, 0) is 6.26 Å². The smallest absolute Gasteiger partial charge is 0.279 e. The first-order valence-electron chi connectivity index (χ1n) is 6.18. The van der Waals surface area contributed by atoms with Gasteiger partial charge >= 0.3 is 0 Å². The van der Waals surface area contributed by atoms with Crippen LogP contribution in [0.2, 0.25) is 0 Å². The lowest BCUT2D eigenvalue weighted by Crippen LogP contribution is -2.61. The first-order valence-corrected chi connectivity index (χ1v) is 7.41. The third kappa shape index (κ3) is 1.97. The van der Waals surface area contributed by atoms with Crippen LogP contribution in [0.4, 0.5) is 11.5 Å². The van der Waals surface area contributed by atoms with E-state index in [0.717, 1.165) is 0 Å². The normalized spacial score (nSPS) is 31.8. The topological polar surface area (TPSA) is 109 Å². The van der Waals surface area contributed by atoms with Crippen molar-refractivity contribution >= 4 is 23.3 Å². The molecule has 2 aliphatic rings. The van der Waals surface area contributed by atoms with Crippen LogP contribution >= 0.6 is 11.8 Å². The number of ether oxygens (including phenoxy) is 1. The summed E-state index contributed by atoms with van der Waals surface area (Å²) in [5.74, 6) is 0.405. The SMILES string of the molecule is CSc1nc2c(c(=O)n1C)N[C@H]1[C@H](O)[C@H](O)CO[C@H]1N2. The molecule has 1 saturated heterocycles. The van der Waals surface area contributed by atoms with Gasteiger partial charge in [0.15, 0.2) is 17.2 Å². The number of rotatable bonds is 1. The summed E-state index contributed by atoms with van der Waals surface area (Å²) in [5.41, 5.74) is 0.0425. The molecule has 4 N–H and O–H groups in total. The van der Waals surface area contributed by atoms with Crippen molar-refractivity contribution in [1.29, 1.82) is 0 Å². The van der Waals surface area contributed by atoms with Gasteiger partial charge in [0, 0.05) is 7.05 Å². The average Bonchev–Trinajstić information content (AvgIpc) is 2.46. The van der Waals surface area contributed by atoms with E-state index in [9.17, 15) is 15.0 Å². The Morgan fingerprint density at radius 1 is 1.45 bits per heavy atom. The van der Waals surface area contributed by atoms with Crippen molar-refractivity contribution in [3.63, 3.8) is 0 Å². The molecule has 8 nitrogen and oxygen atoms in total. The van der Waals surface area contributed by atoms with E-state index in [0.29, 0.717) is 11.0 Å². The highest BCUT2D eigenvalue weighted by molar-refractivity contribution is 7.98. The van der Waals surface area contributed by atoms with Crippen molar-refractivity contribution in [3.05, 3.63) is 10.4 Å². The van der Waals surface area contributed by atoms with Crippen LogP contribution in [0.1, 0.15) is 0 Å². The van der Waals surface area contributed by atoms with Gasteiger partial charge in [0.05, 0.1) is 12.6 Å². The van der Waals surface area contributed by atoms with Crippen LogP contribution in [0.5, 0.6) is 0 Å². The van der Waals surface area contributed by atoms with Gasteiger partial charge in [0.25, 0.3) is 5.56 Å². The van der Waals surface area contributed by atoms with Gasteiger partial charge in [-0.25, -0.2) is 4.98 Å². The van der Waals surface area contributed by atoms with Crippen molar-refractivity contribution in [2.45, 2.75) is 29.6 Å². The molecule has 0 spiro atoms. The first kappa shape index (κ1) is 13.7. The van der Waals surface area contributed by atoms with Crippen LogP contribution in [-0.2, 0) is 11.8 Å². The van der Waals surface area contributed by atoms with Crippen LogP contribution < -0.4 is 16.2 Å². The third-order valence-electron chi connectivity index (χ3n) is 3.56. The molecule has 0 aromatic carbocycles. The number of nitrogens with zero attached hydrogens (tertiary/aromatic N) is 2. The fourth-order valence-electron chi connectivity index (χ4n) is 2.42. The summed E-state index contributed by atoms with van der Waals surface area (Å²) in [4.78, 5) is 16.6. The molecule has 3 heterocycles. The molecule has 0 saturated carbocycles. The van der Waals surface area contributed by atoms with Crippen LogP contribution in [0.15, 0.2) is 9.95 Å². The maximum atomic E-state index is 12.3. The fourth-order valence-corrected chi connectivity index (χ4v) is 2.96. The van der Waals surface area contributed by atoms with Crippen LogP contribution in [-0.4, -0.2) is 57.1 Å². The summed E-state index contributed by atoms with van der Waals surface area (Å²) in [5, 5.41) is 26.1. The molecule has 1 aromatic heterocycles. The van der Waals surface area contributed by atoms with Crippen LogP contribution in [0.25, 0.3) is 0 Å². The number of aliphatic hydroxyl groups is 2. The highest BCUT2D eigenvalue weighted by Gasteiger charge is 2.42. The molecular weight excluding hydrogens is 284 g/mol. The maximum Gasteiger partial charge on any atom is 0.279 e. The monoisotopic (exact) mass is 300 g/mol. The van der Waals surface area contributed by atoms with Crippen molar-refractivity contribution in [3.8, 4) is 0 Å². The second-order valence-corrected chi connectivity index (χ2v) is 5.59. The van der Waals surface area contributed by atoms with E-state index in [1.165, 1.54) is 16.3 Å². The van der Waals surface area contributed by atoms with Gasteiger partial charge in [-0.1, -0.05) is 11.8 Å². The molecule has 20 heavy (non-hydrogen) atoms. The van der Waals surface area contributed by atoms with E-state index < -0.39 is 24.5 Å². The largest absolute Gasteiger partial charge is 0.388 e. The van der Waals surface area contributed by atoms with E-state index >= 15 is 0 Å². The van der Waals surface area contributed by atoms with Gasteiger partial charge in [-0.2, -0.15) is 0 Å². The minimum atomic E-state index is -1.01. The highest BCUT2D eigenvalue weighted by atomic mass is 32.2. The third-order valence-corrected chi connectivity index (χ3v) is 4.29. The maximum absolute atomic E-state index is 12.3. The van der Waals surface area contributed by atoms with Gasteiger partial charge < -0.3 is 25.6 Å². The molecule has 110 valence electrons. The van der Waals surface area contributed by atoms with Gasteiger partial charge in [-0.3, -0.25) is 9.36 Å².